The number of hydrogen-bond acceptors (Lipinski definition) is 3. The first-order valence-electron chi connectivity index (χ1n) is 6.80. The lowest BCUT2D eigenvalue weighted by Crippen LogP contribution is -2.43. The van der Waals surface area contributed by atoms with Gasteiger partial charge in [-0.2, -0.15) is 0 Å². The van der Waals surface area contributed by atoms with E-state index in [0.717, 1.165) is 21.8 Å². The second kappa shape index (κ2) is 5.89. The molecule has 1 aliphatic rings. The topological polar surface area (TPSA) is 24.9 Å². The summed E-state index contributed by atoms with van der Waals surface area (Å²) >= 11 is 7.49. The van der Waals surface area contributed by atoms with E-state index in [1.165, 1.54) is 25.7 Å². The molecule has 1 aliphatic carbocycles. The molecule has 0 aliphatic heterocycles. The smallest absolute Gasteiger partial charge is 0.113 e. The highest BCUT2D eigenvalue weighted by atomic mass is 35.5. The Morgan fingerprint density at radius 3 is 2.72 bits per heavy atom. The van der Waals surface area contributed by atoms with Crippen molar-refractivity contribution in [2.24, 2.45) is 11.3 Å². The average Bonchev–Trinajstić information content (AvgIpc) is 2.72. The highest BCUT2D eigenvalue weighted by Crippen LogP contribution is 2.38. The molecule has 1 N–H and O–H groups in total. The molecular weight excluding hydrogens is 264 g/mol. The van der Waals surface area contributed by atoms with E-state index in [-0.39, 0.29) is 0 Å². The van der Waals surface area contributed by atoms with Gasteiger partial charge in [0.25, 0.3) is 0 Å². The maximum absolute atomic E-state index is 5.91. The predicted molar refractivity (Wildman–Crippen MR) is 79.2 cm³/mol. The summed E-state index contributed by atoms with van der Waals surface area (Å²) < 4.78 is 0.780. The molecule has 0 aromatic carbocycles. The van der Waals surface area contributed by atoms with Crippen molar-refractivity contribution in [3.63, 3.8) is 0 Å². The van der Waals surface area contributed by atoms with Crippen molar-refractivity contribution in [1.29, 1.82) is 0 Å². The van der Waals surface area contributed by atoms with E-state index < -0.39 is 0 Å². The number of halogens is 1. The molecule has 1 heterocycles. The monoisotopic (exact) mass is 286 g/mol. The van der Waals surface area contributed by atoms with E-state index in [2.05, 4.69) is 31.1 Å². The molecule has 2 unspecified atom stereocenters. The minimum Gasteiger partial charge on any atom is -0.307 e. The third-order valence-electron chi connectivity index (χ3n) is 3.92. The van der Waals surface area contributed by atoms with Crippen LogP contribution in [-0.4, -0.2) is 11.0 Å². The second-order valence-electron chi connectivity index (χ2n) is 6.30. The van der Waals surface area contributed by atoms with Gasteiger partial charge in [0.1, 0.15) is 9.34 Å². The van der Waals surface area contributed by atoms with Gasteiger partial charge in [-0.05, 0) is 24.2 Å². The standard InChI is InChI=1S/C14H23ClN2S/c1-14(2,3)10-6-4-5-7-11(10)16-9-13-17-8-12(15)18-13/h8,10-11,16H,4-7,9H2,1-3H3. The Balaban J connectivity index is 1.93. The average molecular weight is 287 g/mol. The minimum absolute atomic E-state index is 0.388. The molecule has 1 aromatic rings. The quantitative estimate of drug-likeness (QED) is 0.885. The summed E-state index contributed by atoms with van der Waals surface area (Å²) in [4.78, 5) is 4.31. The molecule has 0 bridgehead atoms. The van der Waals surface area contributed by atoms with Gasteiger partial charge in [0.05, 0.1) is 6.20 Å². The van der Waals surface area contributed by atoms with Gasteiger partial charge in [0.2, 0.25) is 0 Å². The number of rotatable bonds is 3. The summed E-state index contributed by atoms with van der Waals surface area (Å²) in [5, 5.41) is 4.79. The van der Waals surface area contributed by atoms with Gasteiger partial charge in [0, 0.05) is 12.6 Å². The Morgan fingerprint density at radius 2 is 2.11 bits per heavy atom. The fourth-order valence-corrected chi connectivity index (χ4v) is 3.91. The number of aromatic nitrogens is 1. The zero-order valence-electron chi connectivity index (χ0n) is 11.5. The summed E-state index contributed by atoms with van der Waals surface area (Å²) in [5.74, 6) is 0.765. The van der Waals surface area contributed by atoms with Crippen LogP contribution in [0.4, 0.5) is 0 Å². The van der Waals surface area contributed by atoms with Crippen molar-refractivity contribution in [3.8, 4) is 0 Å². The zero-order valence-corrected chi connectivity index (χ0v) is 13.1. The van der Waals surface area contributed by atoms with Crippen molar-refractivity contribution >= 4 is 22.9 Å². The molecule has 0 spiro atoms. The van der Waals surface area contributed by atoms with Gasteiger partial charge in [-0.15, -0.1) is 11.3 Å². The first kappa shape index (κ1) is 14.3. The first-order chi connectivity index (χ1) is 8.47. The third-order valence-corrected chi connectivity index (χ3v) is 5.03. The van der Waals surface area contributed by atoms with E-state index in [4.69, 9.17) is 11.6 Å². The Labute approximate surface area is 119 Å². The van der Waals surface area contributed by atoms with Gasteiger partial charge in [-0.3, -0.25) is 0 Å². The van der Waals surface area contributed by atoms with Crippen LogP contribution in [0, 0.1) is 11.3 Å². The molecule has 1 saturated carbocycles. The van der Waals surface area contributed by atoms with Crippen LogP contribution < -0.4 is 5.32 Å². The number of nitrogens with one attached hydrogen (secondary N) is 1. The minimum atomic E-state index is 0.388. The van der Waals surface area contributed by atoms with Crippen LogP contribution in [0.2, 0.25) is 4.34 Å². The molecular formula is C14H23ClN2S. The maximum atomic E-state index is 5.91. The fourth-order valence-electron chi connectivity index (χ4n) is 3.00. The van der Waals surface area contributed by atoms with E-state index in [1.54, 1.807) is 17.5 Å². The van der Waals surface area contributed by atoms with E-state index in [0.29, 0.717) is 11.5 Å². The van der Waals surface area contributed by atoms with Crippen molar-refractivity contribution in [1.82, 2.24) is 10.3 Å². The van der Waals surface area contributed by atoms with Gasteiger partial charge in [-0.25, -0.2) is 4.98 Å². The van der Waals surface area contributed by atoms with Crippen LogP contribution in [0.1, 0.15) is 51.5 Å². The van der Waals surface area contributed by atoms with Crippen LogP contribution in [-0.2, 0) is 6.54 Å². The van der Waals surface area contributed by atoms with Crippen molar-refractivity contribution in [2.45, 2.75) is 59.0 Å². The molecule has 2 atom stereocenters. The molecule has 1 fully saturated rings. The summed E-state index contributed by atoms with van der Waals surface area (Å²) in [6.45, 7) is 7.93. The second-order valence-corrected chi connectivity index (χ2v) is 8.05. The lowest BCUT2D eigenvalue weighted by molar-refractivity contribution is 0.130. The molecule has 0 amide bonds. The van der Waals surface area contributed by atoms with Gasteiger partial charge in [0.15, 0.2) is 0 Å². The molecule has 102 valence electrons. The number of nitrogens with zero attached hydrogens (tertiary/aromatic N) is 1. The van der Waals surface area contributed by atoms with E-state index in [9.17, 15) is 0 Å². The normalized spacial score (nSPS) is 25.3. The van der Waals surface area contributed by atoms with Crippen molar-refractivity contribution in [3.05, 3.63) is 15.5 Å². The lowest BCUT2D eigenvalue weighted by Gasteiger charge is -2.40. The molecule has 2 nitrogen and oxygen atoms in total. The third kappa shape index (κ3) is 3.69. The van der Waals surface area contributed by atoms with E-state index in [1.807, 2.05) is 0 Å². The number of thiazole rings is 1. The summed E-state index contributed by atoms with van der Waals surface area (Å²) in [5.41, 5.74) is 0.388. The van der Waals surface area contributed by atoms with Gasteiger partial charge < -0.3 is 5.32 Å². The summed E-state index contributed by atoms with van der Waals surface area (Å²) in [6.07, 6.45) is 7.11. The summed E-state index contributed by atoms with van der Waals surface area (Å²) in [7, 11) is 0. The van der Waals surface area contributed by atoms with E-state index >= 15 is 0 Å². The zero-order chi connectivity index (χ0) is 13.2. The Bertz CT molecular complexity index is 383. The number of hydrogen-bond donors (Lipinski definition) is 1. The SMILES string of the molecule is CC(C)(C)C1CCCCC1NCc1ncc(Cl)s1. The van der Waals surface area contributed by atoms with Gasteiger partial charge in [-0.1, -0.05) is 45.2 Å². The first-order valence-corrected chi connectivity index (χ1v) is 8.00. The summed E-state index contributed by atoms with van der Waals surface area (Å²) in [6, 6.07) is 0.626. The van der Waals surface area contributed by atoms with Crippen molar-refractivity contribution < 1.29 is 0 Å². The van der Waals surface area contributed by atoms with Crippen LogP contribution in [0.3, 0.4) is 0 Å². The van der Waals surface area contributed by atoms with Gasteiger partial charge >= 0.3 is 0 Å². The molecule has 18 heavy (non-hydrogen) atoms. The molecule has 0 saturated heterocycles. The van der Waals surface area contributed by atoms with Crippen LogP contribution >= 0.6 is 22.9 Å². The Kier molecular flexibility index (Phi) is 4.68. The molecule has 2 rings (SSSR count). The maximum Gasteiger partial charge on any atom is 0.113 e. The predicted octanol–water partition coefficient (Wildman–Crippen LogP) is 4.49. The van der Waals surface area contributed by atoms with Crippen LogP contribution in [0.15, 0.2) is 6.20 Å². The molecule has 1 aromatic heterocycles. The van der Waals surface area contributed by atoms with Crippen LogP contribution in [0.25, 0.3) is 0 Å². The molecule has 0 radical (unpaired) electrons. The molecule has 4 heteroatoms. The Morgan fingerprint density at radius 1 is 1.39 bits per heavy atom. The van der Waals surface area contributed by atoms with Crippen molar-refractivity contribution in [2.75, 3.05) is 0 Å². The highest BCUT2D eigenvalue weighted by molar-refractivity contribution is 7.15. The lowest BCUT2D eigenvalue weighted by atomic mass is 9.69. The largest absolute Gasteiger partial charge is 0.307 e. The fraction of sp³-hybridized carbons (Fsp3) is 0.786. The van der Waals surface area contributed by atoms with Crippen LogP contribution in [0.5, 0.6) is 0 Å². The highest BCUT2D eigenvalue weighted by Gasteiger charge is 2.33. The Hall–Kier alpha value is -0.120.